The summed E-state index contributed by atoms with van der Waals surface area (Å²) in [5.74, 6) is 0.634. The van der Waals surface area contributed by atoms with Crippen LogP contribution in [0.4, 0.5) is 4.39 Å². The molecule has 0 unspecified atom stereocenters. The predicted octanol–water partition coefficient (Wildman–Crippen LogP) is 3.47. The van der Waals surface area contributed by atoms with E-state index in [0.717, 1.165) is 12.0 Å². The molecule has 0 bridgehead atoms. The summed E-state index contributed by atoms with van der Waals surface area (Å²) >= 11 is 0. The zero-order valence-electron chi connectivity index (χ0n) is 13.6. The highest BCUT2D eigenvalue weighted by atomic mass is 19.1. The Morgan fingerprint density at radius 2 is 1.96 bits per heavy atom. The summed E-state index contributed by atoms with van der Waals surface area (Å²) in [5, 5.41) is 6.80. The van der Waals surface area contributed by atoms with Crippen molar-refractivity contribution in [2.24, 2.45) is 0 Å². The van der Waals surface area contributed by atoms with E-state index in [9.17, 15) is 9.18 Å². The van der Waals surface area contributed by atoms with Crippen molar-refractivity contribution < 1.29 is 13.7 Å². The van der Waals surface area contributed by atoms with Crippen molar-refractivity contribution in [2.45, 2.75) is 25.3 Å². The fourth-order valence-electron chi connectivity index (χ4n) is 2.95. The number of aryl methyl sites for hydroxylation is 1. The standard InChI is InChI=1S/C19H16FN3O2/c1-11-21-19(25-23-11)15-5-3-2-4-14(15)18(24)22-17-10-16(17)12-6-8-13(20)9-7-12/h2-9,16-17H,10H2,1H3,(H,22,24)/t16-,17+/m0/s1. The molecule has 6 heteroatoms. The number of halogens is 1. The van der Waals surface area contributed by atoms with Crippen LogP contribution in [0.5, 0.6) is 0 Å². The van der Waals surface area contributed by atoms with Gasteiger partial charge in [-0.1, -0.05) is 29.4 Å². The fourth-order valence-corrected chi connectivity index (χ4v) is 2.95. The molecule has 1 fully saturated rings. The van der Waals surface area contributed by atoms with Crippen molar-refractivity contribution in [3.8, 4) is 11.5 Å². The van der Waals surface area contributed by atoms with Gasteiger partial charge in [0.25, 0.3) is 11.8 Å². The summed E-state index contributed by atoms with van der Waals surface area (Å²) < 4.78 is 18.2. The molecule has 2 atom stereocenters. The molecular formula is C19H16FN3O2. The monoisotopic (exact) mass is 337 g/mol. The van der Waals surface area contributed by atoms with Crippen molar-refractivity contribution in [2.75, 3.05) is 0 Å². The van der Waals surface area contributed by atoms with Crippen LogP contribution >= 0.6 is 0 Å². The minimum atomic E-state index is -0.256. The minimum Gasteiger partial charge on any atom is -0.349 e. The van der Waals surface area contributed by atoms with Crippen LogP contribution in [0.25, 0.3) is 11.5 Å². The fraction of sp³-hybridized carbons (Fsp3) is 0.211. The van der Waals surface area contributed by atoms with E-state index in [2.05, 4.69) is 15.5 Å². The van der Waals surface area contributed by atoms with Gasteiger partial charge >= 0.3 is 0 Å². The van der Waals surface area contributed by atoms with Crippen molar-refractivity contribution in [3.63, 3.8) is 0 Å². The number of hydrogen-bond donors (Lipinski definition) is 1. The van der Waals surface area contributed by atoms with E-state index in [1.807, 2.05) is 6.07 Å². The van der Waals surface area contributed by atoms with Crippen LogP contribution in [0, 0.1) is 12.7 Å². The second-order valence-electron chi connectivity index (χ2n) is 6.17. The van der Waals surface area contributed by atoms with Crippen LogP contribution < -0.4 is 5.32 Å². The zero-order chi connectivity index (χ0) is 17.4. The average molecular weight is 337 g/mol. The van der Waals surface area contributed by atoms with Crippen molar-refractivity contribution >= 4 is 5.91 Å². The second kappa shape index (κ2) is 6.12. The number of aromatic nitrogens is 2. The minimum absolute atomic E-state index is 0.0513. The summed E-state index contributed by atoms with van der Waals surface area (Å²) in [6.07, 6.45) is 0.846. The Bertz CT molecular complexity index is 920. The smallest absolute Gasteiger partial charge is 0.258 e. The number of benzene rings is 2. The van der Waals surface area contributed by atoms with Crippen molar-refractivity contribution in [3.05, 3.63) is 71.3 Å². The van der Waals surface area contributed by atoms with E-state index in [-0.39, 0.29) is 23.7 Å². The van der Waals surface area contributed by atoms with Gasteiger partial charge in [0.15, 0.2) is 5.82 Å². The molecule has 5 nitrogen and oxygen atoms in total. The molecule has 4 rings (SSSR count). The van der Waals surface area contributed by atoms with Gasteiger partial charge in [0.1, 0.15) is 5.82 Å². The van der Waals surface area contributed by atoms with E-state index < -0.39 is 0 Å². The quantitative estimate of drug-likeness (QED) is 0.791. The highest BCUT2D eigenvalue weighted by Crippen LogP contribution is 2.41. The molecule has 3 aromatic rings. The third-order valence-corrected chi connectivity index (χ3v) is 4.33. The molecule has 1 amide bonds. The molecule has 0 saturated heterocycles. The Morgan fingerprint density at radius 3 is 2.68 bits per heavy atom. The van der Waals surface area contributed by atoms with Crippen molar-refractivity contribution in [1.29, 1.82) is 0 Å². The lowest BCUT2D eigenvalue weighted by atomic mass is 10.1. The molecule has 1 aliphatic rings. The first-order chi connectivity index (χ1) is 12.1. The molecule has 1 aromatic heterocycles. The van der Waals surface area contributed by atoms with E-state index >= 15 is 0 Å². The Labute approximate surface area is 143 Å². The Morgan fingerprint density at radius 1 is 1.20 bits per heavy atom. The largest absolute Gasteiger partial charge is 0.349 e. The maximum absolute atomic E-state index is 13.0. The molecule has 2 aromatic carbocycles. The van der Waals surface area contributed by atoms with Gasteiger partial charge in [-0.05, 0) is 43.2 Å². The number of amides is 1. The van der Waals surface area contributed by atoms with Gasteiger partial charge in [0.05, 0.1) is 11.1 Å². The number of carbonyl (C=O) groups excluding carboxylic acids is 1. The molecule has 1 N–H and O–H groups in total. The van der Waals surface area contributed by atoms with Crippen LogP contribution in [0.2, 0.25) is 0 Å². The molecule has 0 spiro atoms. The van der Waals surface area contributed by atoms with E-state index in [4.69, 9.17) is 4.52 Å². The number of nitrogens with one attached hydrogen (secondary N) is 1. The van der Waals surface area contributed by atoms with Crippen LogP contribution in [0.15, 0.2) is 53.1 Å². The first-order valence-electron chi connectivity index (χ1n) is 8.08. The highest BCUT2D eigenvalue weighted by molar-refractivity contribution is 6.00. The molecular weight excluding hydrogens is 321 g/mol. The van der Waals surface area contributed by atoms with Gasteiger partial charge in [-0.2, -0.15) is 4.98 Å². The number of nitrogens with zero attached hydrogens (tertiary/aromatic N) is 2. The first-order valence-corrected chi connectivity index (χ1v) is 8.08. The summed E-state index contributed by atoms with van der Waals surface area (Å²) in [6.45, 7) is 1.73. The summed E-state index contributed by atoms with van der Waals surface area (Å²) in [5.41, 5.74) is 2.14. The number of hydrogen-bond acceptors (Lipinski definition) is 4. The lowest BCUT2D eigenvalue weighted by molar-refractivity contribution is 0.0950. The molecule has 0 aliphatic heterocycles. The molecule has 1 aliphatic carbocycles. The van der Waals surface area contributed by atoms with Gasteiger partial charge in [-0.25, -0.2) is 4.39 Å². The summed E-state index contributed by atoms with van der Waals surface area (Å²) in [6, 6.07) is 13.6. The second-order valence-corrected chi connectivity index (χ2v) is 6.17. The van der Waals surface area contributed by atoms with Crippen LogP contribution in [-0.4, -0.2) is 22.1 Å². The summed E-state index contributed by atoms with van der Waals surface area (Å²) in [7, 11) is 0. The van der Waals surface area contributed by atoms with Gasteiger partial charge < -0.3 is 9.84 Å². The predicted molar refractivity (Wildman–Crippen MR) is 89.5 cm³/mol. The Balaban J connectivity index is 1.50. The Hall–Kier alpha value is -3.02. The van der Waals surface area contributed by atoms with Gasteiger partial charge in [0.2, 0.25) is 0 Å². The third-order valence-electron chi connectivity index (χ3n) is 4.33. The number of carbonyl (C=O) groups is 1. The molecule has 25 heavy (non-hydrogen) atoms. The van der Waals surface area contributed by atoms with Crippen LogP contribution in [0.1, 0.15) is 34.1 Å². The topological polar surface area (TPSA) is 68.0 Å². The average Bonchev–Trinajstić information content (AvgIpc) is 3.24. The number of rotatable bonds is 4. The molecule has 1 saturated carbocycles. The Kier molecular flexibility index (Phi) is 3.80. The highest BCUT2D eigenvalue weighted by Gasteiger charge is 2.39. The first kappa shape index (κ1) is 15.5. The van der Waals surface area contributed by atoms with Crippen LogP contribution in [0.3, 0.4) is 0 Å². The van der Waals surface area contributed by atoms with Gasteiger partial charge in [0, 0.05) is 12.0 Å². The lowest BCUT2D eigenvalue weighted by Gasteiger charge is -2.08. The van der Waals surface area contributed by atoms with Gasteiger partial charge in [-0.3, -0.25) is 4.79 Å². The SMILES string of the molecule is Cc1noc(-c2ccccc2C(=O)N[C@@H]2C[C@H]2c2ccc(F)cc2)n1. The maximum atomic E-state index is 13.0. The normalized spacial score (nSPS) is 18.8. The van der Waals surface area contributed by atoms with Gasteiger partial charge in [-0.15, -0.1) is 0 Å². The zero-order valence-corrected chi connectivity index (χ0v) is 13.6. The third kappa shape index (κ3) is 3.15. The van der Waals surface area contributed by atoms with Crippen molar-refractivity contribution in [1.82, 2.24) is 15.5 Å². The van der Waals surface area contributed by atoms with Crippen LogP contribution in [-0.2, 0) is 0 Å². The lowest BCUT2D eigenvalue weighted by Crippen LogP contribution is -2.27. The van der Waals surface area contributed by atoms with E-state index in [0.29, 0.717) is 22.8 Å². The maximum Gasteiger partial charge on any atom is 0.258 e. The molecule has 126 valence electrons. The molecule has 0 radical (unpaired) electrons. The molecule has 1 heterocycles. The van der Waals surface area contributed by atoms with E-state index in [1.54, 1.807) is 37.3 Å². The summed E-state index contributed by atoms with van der Waals surface area (Å²) in [4.78, 5) is 16.9. The van der Waals surface area contributed by atoms with E-state index in [1.165, 1.54) is 12.1 Å².